The standard InChI is InChI=1S/C13H19N5O2/c1-9(7-11(19)16-13(2,3)4)17-18-12(20)10-8-14-5-6-15-10/h5-6,8H,7H2,1-4H3,(H,16,19)(H,18,20). The Kier molecular flexibility index (Phi) is 5.31. The fraction of sp³-hybridized carbons (Fsp3) is 0.462. The Hall–Kier alpha value is -2.31. The quantitative estimate of drug-likeness (QED) is 0.631. The maximum Gasteiger partial charge on any atom is 0.291 e. The second kappa shape index (κ2) is 6.74. The molecule has 1 aromatic rings. The second-order valence-corrected chi connectivity index (χ2v) is 5.35. The normalized spacial score (nSPS) is 11.9. The molecule has 0 unspecified atom stereocenters. The van der Waals surface area contributed by atoms with Crippen LogP contribution in [-0.2, 0) is 4.79 Å². The van der Waals surface area contributed by atoms with E-state index in [0.717, 1.165) is 0 Å². The molecule has 7 heteroatoms. The summed E-state index contributed by atoms with van der Waals surface area (Å²) >= 11 is 0. The summed E-state index contributed by atoms with van der Waals surface area (Å²) in [6, 6.07) is 0. The van der Waals surface area contributed by atoms with E-state index in [1.54, 1.807) is 6.92 Å². The molecule has 7 nitrogen and oxygen atoms in total. The number of carbonyl (C=O) groups is 2. The summed E-state index contributed by atoms with van der Waals surface area (Å²) in [5.74, 6) is -0.610. The van der Waals surface area contributed by atoms with Crippen molar-refractivity contribution in [3.63, 3.8) is 0 Å². The molecule has 0 radical (unpaired) electrons. The Morgan fingerprint density at radius 3 is 2.55 bits per heavy atom. The molecule has 0 atom stereocenters. The highest BCUT2D eigenvalue weighted by Crippen LogP contribution is 1.99. The van der Waals surface area contributed by atoms with Gasteiger partial charge in [-0.1, -0.05) is 0 Å². The van der Waals surface area contributed by atoms with Gasteiger partial charge in [-0.2, -0.15) is 5.10 Å². The molecule has 0 aromatic carbocycles. The zero-order chi connectivity index (χ0) is 15.2. The van der Waals surface area contributed by atoms with Gasteiger partial charge in [0, 0.05) is 23.6 Å². The zero-order valence-corrected chi connectivity index (χ0v) is 12.1. The molecule has 20 heavy (non-hydrogen) atoms. The molecular formula is C13H19N5O2. The molecule has 0 aliphatic rings. The number of aromatic nitrogens is 2. The third-order valence-corrected chi connectivity index (χ3v) is 2.07. The van der Waals surface area contributed by atoms with Crippen molar-refractivity contribution in [3.05, 3.63) is 24.3 Å². The SMILES string of the molecule is CC(CC(=O)NC(C)(C)C)=NNC(=O)c1cnccn1. The Labute approximate surface area is 117 Å². The minimum atomic E-state index is -0.464. The first-order valence-corrected chi connectivity index (χ1v) is 6.18. The fourth-order valence-corrected chi connectivity index (χ4v) is 1.35. The van der Waals surface area contributed by atoms with E-state index in [0.29, 0.717) is 5.71 Å². The number of hydrazone groups is 1. The van der Waals surface area contributed by atoms with Crippen LogP contribution in [-0.4, -0.2) is 33.0 Å². The van der Waals surface area contributed by atoms with Crippen LogP contribution in [0.2, 0.25) is 0 Å². The van der Waals surface area contributed by atoms with E-state index in [2.05, 4.69) is 25.8 Å². The van der Waals surface area contributed by atoms with E-state index in [9.17, 15) is 9.59 Å². The van der Waals surface area contributed by atoms with Gasteiger partial charge < -0.3 is 5.32 Å². The van der Waals surface area contributed by atoms with Crippen molar-refractivity contribution in [2.45, 2.75) is 39.7 Å². The van der Waals surface area contributed by atoms with Crippen molar-refractivity contribution < 1.29 is 9.59 Å². The lowest BCUT2D eigenvalue weighted by atomic mass is 10.1. The van der Waals surface area contributed by atoms with Gasteiger partial charge in [0.05, 0.1) is 12.6 Å². The van der Waals surface area contributed by atoms with E-state index in [4.69, 9.17) is 0 Å². The van der Waals surface area contributed by atoms with Crippen molar-refractivity contribution in [1.82, 2.24) is 20.7 Å². The fourth-order valence-electron chi connectivity index (χ4n) is 1.35. The molecule has 0 spiro atoms. The largest absolute Gasteiger partial charge is 0.351 e. The van der Waals surface area contributed by atoms with Gasteiger partial charge in [0.1, 0.15) is 5.69 Å². The molecule has 108 valence electrons. The summed E-state index contributed by atoms with van der Waals surface area (Å²) in [5.41, 5.74) is 2.72. The number of hydrogen-bond donors (Lipinski definition) is 2. The van der Waals surface area contributed by atoms with Crippen molar-refractivity contribution in [1.29, 1.82) is 0 Å². The monoisotopic (exact) mass is 277 g/mol. The average Bonchev–Trinajstić information content (AvgIpc) is 2.34. The summed E-state index contributed by atoms with van der Waals surface area (Å²) in [7, 11) is 0. The van der Waals surface area contributed by atoms with Crippen molar-refractivity contribution in [3.8, 4) is 0 Å². The summed E-state index contributed by atoms with van der Waals surface area (Å²) in [6.07, 6.45) is 4.36. The molecule has 1 heterocycles. The molecular weight excluding hydrogens is 258 g/mol. The Balaban J connectivity index is 2.50. The predicted octanol–water partition coefficient (Wildman–Crippen LogP) is 0.887. The van der Waals surface area contributed by atoms with Crippen LogP contribution in [0.1, 0.15) is 44.6 Å². The first-order valence-electron chi connectivity index (χ1n) is 6.18. The molecule has 0 bridgehead atoms. The lowest BCUT2D eigenvalue weighted by molar-refractivity contribution is -0.121. The molecule has 0 fully saturated rings. The molecule has 1 aromatic heterocycles. The Bertz CT molecular complexity index is 505. The zero-order valence-electron chi connectivity index (χ0n) is 12.1. The van der Waals surface area contributed by atoms with Gasteiger partial charge in [-0.3, -0.25) is 14.6 Å². The average molecular weight is 277 g/mol. The summed E-state index contributed by atoms with van der Waals surface area (Å²) < 4.78 is 0. The maximum absolute atomic E-state index is 11.7. The van der Waals surface area contributed by atoms with Crippen LogP contribution >= 0.6 is 0 Å². The molecule has 0 aliphatic heterocycles. The number of hydrogen-bond acceptors (Lipinski definition) is 5. The summed E-state index contributed by atoms with van der Waals surface area (Å²) in [5, 5.41) is 6.67. The molecule has 2 amide bonds. The van der Waals surface area contributed by atoms with E-state index in [1.165, 1.54) is 18.6 Å². The van der Waals surface area contributed by atoms with Crippen LogP contribution < -0.4 is 10.7 Å². The number of carbonyl (C=O) groups excluding carboxylic acids is 2. The predicted molar refractivity (Wildman–Crippen MR) is 75.1 cm³/mol. The van der Waals surface area contributed by atoms with Gasteiger partial charge in [-0.25, -0.2) is 10.4 Å². The van der Waals surface area contributed by atoms with Gasteiger partial charge in [0.25, 0.3) is 5.91 Å². The lowest BCUT2D eigenvalue weighted by Gasteiger charge is -2.20. The van der Waals surface area contributed by atoms with Crippen LogP contribution in [0.3, 0.4) is 0 Å². The highest BCUT2D eigenvalue weighted by atomic mass is 16.2. The van der Waals surface area contributed by atoms with E-state index >= 15 is 0 Å². The second-order valence-electron chi connectivity index (χ2n) is 5.35. The minimum absolute atomic E-state index is 0.123. The van der Waals surface area contributed by atoms with Crippen molar-refractivity contribution >= 4 is 17.5 Å². The van der Waals surface area contributed by atoms with Crippen LogP contribution in [0.5, 0.6) is 0 Å². The summed E-state index contributed by atoms with van der Waals surface area (Å²) in [4.78, 5) is 30.9. The number of rotatable bonds is 4. The molecule has 1 rings (SSSR count). The number of nitrogens with one attached hydrogen (secondary N) is 2. The van der Waals surface area contributed by atoms with Gasteiger partial charge in [-0.15, -0.1) is 0 Å². The van der Waals surface area contributed by atoms with E-state index < -0.39 is 5.91 Å². The molecule has 0 aliphatic carbocycles. The van der Waals surface area contributed by atoms with Crippen molar-refractivity contribution in [2.24, 2.45) is 5.10 Å². The van der Waals surface area contributed by atoms with Crippen LogP contribution in [0, 0.1) is 0 Å². The third kappa shape index (κ3) is 6.03. The van der Waals surface area contributed by atoms with Gasteiger partial charge >= 0.3 is 0 Å². The third-order valence-electron chi connectivity index (χ3n) is 2.07. The minimum Gasteiger partial charge on any atom is -0.351 e. The molecule has 2 N–H and O–H groups in total. The van der Waals surface area contributed by atoms with E-state index in [1.807, 2.05) is 20.8 Å². The van der Waals surface area contributed by atoms with Crippen molar-refractivity contribution in [2.75, 3.05) is 0 Å². The van der Waals surface area contributed by atoms with Crippen LogP contribution in [0.4, 0.5) is 0 Å². The Morgan fingerprint density at radius 1 is 1.30 bits per heavy atom. The lowest BCUT2D eigenvalue weighted by Crippen LogP contribution is -2.41. The van der Waals surface area contributed by atoms with Gasteiger partial charge in [-0.05, 0) is 27.7 Å². The highest BCUT2D eigenvalue weighted by Gasteiger charge is 2.14. The van der Waals surface area contributed by atoms with Crippen LogP contribution in [0.15, 0.2) is 23.7 Å². The Morgan fingerprint density at radius 2 is 2.00 bits per heavy atom. The van der Waals surface area contributed by atoms with Gasteiger partial charge in [0.2, 0.25) is 5.91 Å². The van der Waals surface area contributed by atoms with Crippen LogP contribution in [0.25, 0.3) is 0 Å². The number of nitrogens with zero attached hydrogens (tertiary/aromatic N) is 3. The maximum atomic E-state index is 11.7. The number of amides is 2. The van der Waals surface area contributed by atoms with E-state index in [-0.39, 0.29) is 23.6 Å². The molecule has 0 saturated heterocycles. The van der Waals surface area contributed by atoms with Gasteiger partial charge in [0.15, 0.2) is 0 Å². The summed E-state index contributed by atoms with van der Waals surface area (Å²) in [6.45, 7) is 7.35. The highest BCUT2D eigenvalue weighted by molar-refractivity contribution is 6.01. The molecule has 0 saturated carbocycles. The smallest absolute Gasteiger partial charge is 0.291 e. The first-order chi connectivity index (χ1) is 9.28. The first kappa shape index (κ1) is 15.7. The topological polar surface area (TPSA) is 96.3 Å².